The van der Waals surface area contributed by atoms with Crippen LogP contribution in [0.15, 0.2) is 54.6 Å². The fourth-order valence-corrected chi connectivity index (χ4v) is 4.00. The van der Waals surface area contributed by atoms with Gasteiger partial charge in [-0.1, -0.05) is 43.7 Å². The predicted molar refractivity (Wildman–Crippen MR) is 117 cm³/mol. The number of ether oxygens (including phenoxy) is 3. The van der Waals surface area contributed by atoms with E-state index in [4.69, 9.17) is 9.47 Å². The van der Waals surface area contributed by atoms with Crippen molar-refractivity contribution < 1.29 is 36.2 Å². The van der Waals surface area contributed by atoms with Crippen molar-refractivity contribution in [1.82, 2.24) is 0 Å². The van der Waals surface area contributed by atoms with Crippen LogP contribution in [0, 0.1) is 23.4 Å². The van der Waals surface area contributed by atoms with Crippen molar-refractivity contribution in [3.8, 4) is 28.0 Å². The molecule has 0 radical (unpaired) electrons. The highest BCUT2D eigenvalue weighted by Crippen LogP contribution is 2.34. The van der Waals surface area contributed by atoms with Crippen molar-refractivity contribution in [2.24, 2.45) is 5.92 Å². The topological polar surface area (TPSA) is 27.7 Å². The zero-order valence-electron chi connectivity index (χ0n) is 18.4. The lowest BCUT2D eigenvalue weighted by Gasteiger charge is -2.29. The smallest absolute Gasteiger partial charge is 0.387 e. The third kappa shape index (κ3) is 5.39. The van der Waals surface area contributed by atoms with Crippen LogP contribution in [0.4, 0.5) is 22.0 Å². The second-order valence-corrected chi connectivity index (χ2v) is 8.11. The molecule has 3 aromatic carbocycles. The molecule has 1 fully saturated rings. The van der Waals surface area contributed by atoms with Crippen molar-refractivity contribution in [3.05, 3.63) is 77.6 Å². The molecule has 8 heteroatoms. The van der Waals surface area contributed by atoms with Crippen LogP contribution < -0.4 is 4.74 Å². The maximum Gasteiger partial charge on any atom is 0.387 e. The summed E-state index contributed by atoms with van der Waals surface area (Å²) in [6.07, 6.45) is 1.39. The van der Waals surface area contributed by atoms with Crippen molar-refractivity contribution >= 4 is 0 Å². The first-order chi connectivity index (χ1) is 16.4. The molecule has 3 nitrogen and oxygen atoms in total. The number of hydrogen-bond donors (Lipinski definition) is 0. The zero-order chi connectivity index (χ0) is 24.2. The fourth-order valence-electron chi connectivity index (χ4n) is 4.00. The van der Waals surface area contributed by atoms with Gasteiger partial charge in [-0.05, 0) is 41.8 Å². The fraction of sp³-hybridized carbons (Fsp3) is 0.308. The van der Waals surface area contributed by atoms with Crippen molar-refractivity contribution in [1.29, 1.82) is 0 Å². The SMILES string of the molecule is CCCC1COC(c2ccc(-c3ccc(-c4ccc(OC(F)F)c(F)c4)c(F)c3)c(F)c2)OC1. The Morgan fingerprint density at radius 1 is 0.824 bits per heavy atom. The molecule has 0 aromatic heterocycles. The second kappa shape index (κ2) is 10.5. The summed E-state index contributed by atoms with van der Waals surface area (Å²) in [5, 5.41) is 0. The molecule has 180 valence electrons. The molecule has 0 saturated carbocycles. The molecule has 0 aliphatic carbocycles. The van der Waals surface area contributed by atoms with Crippen LogP contribution in [0.2, 0.25) is 0 Å². The second-order valence-electron chi connectivity index (χ2n) is 8.11. The number of hydrogen-bond acceptors (Lipinski definition) is 3. The van der Waals surface area contributed by atoms with Crippen LogP contribution in [0.25, 0.3) is 22.3 Å². The van der Waals surface area contributed by atoms with Crippen molar-refractivity contribution in [2.75, 3.05) is 13.2 Å². The van der Waals surface area contributed by atoms with Gasteiger partial charge in [-0.15, -0.1) is 0 Å². The van der Waals surface area contributed by atoms with Gasteiger partial charge in [-0.2, -0.15) is 8.78 Å². The summed E-state index contributed by atoms with van der Waals surface area (Å²) in [5.41, 5.74) is 1.17. The summed E-state index contributed by atoms with van der Waals surface area (Å²) in [5.74, 6) is -2.63. The van der Waals surface area contributed by atoms with E-state index in [1.807, 2.05) is 0 Å². The van der Waals surface area contributed by atoms with E-state index in [2.05, 4.69) is 11.7 Å². The number of alkyl halides is 2. The Morgan fingerprint density at radius 2 is 1.41 bits per heavy atom. The average Bonchev–Trinajstić information content (AvgIpc) is 2.81. The van der Waals surface area contributed by atoms with Gasteiger partial charge >= 0.3 is 6.61 Å². The van der Waals surface area contributed by atoms with Crippen LogP contribution in [-0.2, 0) is 9.47 Å². The molecule has 0 unspecified atom stereocenters. The lowest BCUT2D eigenvalue weighted by molar-refractivity contribution is -0.206. The van der Waals surface area contributed by atoms with E-state index >= 15 is 0 Å². The third-order valence-electron chi connectivity index (χ3n) is 5.67. The van der Waals surface area contributed by atoms with Gasteiger partial charge < -0.3 is 14.2 Å². The van der Waals surface area contributed by atoms with Gasteiger partial charge in [0.1, 0.15) is 11.6 Å². The van der Waals surface area contributed by atoms with Crippen LogP contribution in [0.1, 0.15) is 31.6 Å². The highest BCUT2D eigenvalue weighted by atomic mass is 19.3. The molecule has 1 saturated heterocycles. The van der Waals surface area contributed by atoms with Gasteiger partial charge in [0, 0.05) is 22.6 Å². The molecule has 0 N–H and O–H groups in total. The van der Waals surface area contributed by atoms with Gasteiger partial charge in [0.15, 0.2) is 17.9 Å². The molecular formula is C26H23F5O3. The van der Waals surface area contributed by atoms with E-state index in [0.29, 0.717) is 24.7 Å². The van der Waals surface area contributed by atoms with Crippen LogP contribution in [0.5, 0.6) is 5.75 Å². The minimum absolute atomic E-state index is 0.0360. The number of halogens is 5. The van der Waals surface area contributed by atoms with Crippen molar-refractivity contribution in [3.63, 3.8) is 0 Å². The van der Waals surface area contributed by atoms with Gasteiger partial charge in [0.25, 0.3) is 0 Å². The molecule has 4 rings (SSSR count). The van der Waals surface area contributed by atoms with E-state index in [1.165, 1.54) is 30.3 Å². The molecule has 3 aromatic rings. The Hall–Kier alpha value is -2.97. The van der Waals surface area contributed by atoms with Crippen molar-refractivity contribution in [2.45, 2.75) is 32.7 Å². The molecule has 0 amide bonds. The summed E-state index contributed by atoms with van der Waals surface area (Å²) < 4.78 is 83.9. The average molecular weight is 478 g/mol. The van der Waals surface area contributed by atoms with Gasteiger partial charge in [0.2, 0.25) is 0 Å². The van der Waals surface area contributed by atoms with Gasteiger partial charge in [0.05, 0.1) is 13.2 Å². The molecule has 1 heterocycles. The minimum Gasteiger partial charge on any atom is -0.432 e. The maximum absolute atomic E-state index is 14.9. The Bertz CT molecular complexity index is 1140. The summed E-state index contributed by atoms with van der Waals surface area (Å²) in [6, 6.07) is 11.7. The summed E-state index contributed by atoms with van der Waals surface area (Å²) in [6.45, 7) is 0.0105. The first-order valence-corrected chi connectivity index (χ1v) is 10.9. The molecule has 1 aliphatic rings. The predicted octanol–water partition coefficient (Wildman–Crippen LogP) is 7.50. The first kappa shape index (κ1) is 24.2. The van der Waals surface area contributed by atoms with Gasteiger partial charge in [-0.25, -0.2) is 13.2 Å². The van der Waals surface area contributed by atoms with Crippen LogP contribution >= 0.6 is 0 Å². The molecule has 34 heavy (non-hydrogen) atoms. The highest BCUT2D eigenvalue weighted by Gasteiger charge is 2.24. The Balaban J connectivity index is 1.52. The molecule has 0 spiro atoms. The summed E-state index contributed by atoms with van der Waals surface area (Å²) in [7, 11) is 0. The zero-order valence-corrected chi connectivity index (χ0v) is 18.4. The Morgan fingerprint density at radius 3 is 1.97 bits per heavy atom. The number of rotatable bonds is 7. The van der Waals surface area contributed by atoms with E-state index in [9.17, 15) is 22.0 Å². The van der Waals surface area contributed by atoms with Crippen LogP contribution in [0.3, 0.4) is 0 Å². The normalized spacial score (nSPS) is 18.3. The lowest BCUT2D eigenvalue weighted by atomic mass is 9.98. The summed E-state index contributed by atoms with van der Waals surface area (Å²) >= 11 is 0. The standard InChI is InChI=1S/C26H23F5O3/c1-2-3-15-13-32-25(33-14-15)18-5-8-20(22(28)12-18)16-4-7-19(21(27)10-16)17-6-9-24(23(29)11-17)34-26(30)31/h4-12,15,25-26H,2-3,13-14H2,1H3. The molecular weight excluding hydrogens is 455 g/mol. The molecule has 1 aliphatic heterocycles. The van der Waals surface area contributed by atoms with E-state index < -0.39 is 36.1 Å². The molecule has 0 bridgehead atoms. The van der Waals surface area contributed by atoms with Gasteiger partial charge in [-0.3, -0.25) is 0 Å². The quantitative estimate of drug-likeness (QED) is 0.329. The number of benzene rings is 3. The van der Waals surface area contributed by atoms with E-state index in [1.54, 1.807) is 6.07 Å². The van der Waals surface area contributed by atoms with E-state index in [-0.39, 0.29) is 22.3 Å². The monoisotopic (exact) mass is 478 g/mol. The van der Waals surface area contributed by atoms with E-state index in [0.717, 1.165) is 31.0 Å². The highest BCUT2D eigenvalue weighted by molar-refractivity contribution is 5.72. The van der Waals surface area contributed by atoms with Crippen LogP contribution in [-0.4, -0.2) is 19.8 Å². The third-order valence-corrected chi connectivity index (χ3v) is 5.67. The Labute approximate surface area is 194 Å². The largest absolute Gasteiger partial charge is 0.432 e. The lowest BCUT2D eigenvalue weighted by Crippen LogP contribution is -2.27. The maximum atomic E-state index is 14.9. The molecule has 0 atom stereocenters. The minimum atomic E-state index is -3.17. The summed E-state index contributed by atoms with van der Waals surface area (Å²) in [4.78, 5) is 0. The first-order valence-electron chi connectivity index (χ1n) is 10.9. The Kier molecular flexibility index (Phi) is 7.48.